The summed E-state index contributed by atoms with van der Waals surface area (Å²) in [7, 11) is 0. The minimum absolute atomic E-state index is 0.146. The summed E-state index contributed by atoms with van der Waals surface area (Å²) in [5.41, 5.74) is 0.830. The molecule has 3 rings (SSSR count). The Morgan fingerprint density at radius 1 is 1.21 bits per heavy atom. The zero-order chi connectivity index (χ0) is 19.9. The number of hydrogen-bond acceptors (Lipinski definition) is 4. The van der Waals surface area contributed by atoms with E-state index in [4.69, 9.17) is 5.11 Å². The molecule has 1 aliphatic rings. The summed E-state index contributed by atoms with van der Waals surface area (Å²) in [6.45, 7) is 0.324. The van der Waals surface area contributed by atoms with Gasteiger partial charge in [-0.05, 0) is 23.6 Å². The number of hydrogen-bond donors (Lipinski definition) is 2. The summed E-state index contributed by atoms with van der Waals surface area (Å²) in [5.74, 6) is 8.66. The van der Waals surface area contributed by atoms with Crippen LogP contribution in [0.2, 0.25) is 0 Å². The van der Waals surface area contributed by atoms with Crippen molar-refractivity contribution in [2.45, 2.75) is 19.0 Å². The molecule has 1 aromatic carbocycles. The van der Waals surface area contributed by atoms with Gasteiger partial charge < -0.3 is 15.0 Å². The third kappa shape index (κ3) is 4.71. The predicted molar refractivity (Wildman–Crippen MR) is 99.3 cm³/mol. The summed E-state index contributed by atoms with van der Waals surface area (Å²) in [4.78, 5) is 42.5. The molecule has 8 heteroatoms. The van der Waals surface area contributed by atoms with E-state index in [0.29, 0.717) is 13.0 Å². The number of carbonyl (C=O) groups excluding carboxylic acids is 2. The van der Waals surface area contributed by atoms with Crippen LogP contribution in [0, 0.1) is 23.7 Å². The van der Waals surface area contributed by atoms with E-state index in [1.54, 1.807) is 35.4 Å². The van der Waals surface area contributed by atoms with Crippen LogP contribution in [0.5, 0.6) is 0 Å². The van der Waals surface area contributed by atoms with Crippen molar-refractivity contribution in [3.8, 4) is 23.7 Å². The van der Waals surface area contributed by atoms with E-state index in [2.05, 4.69) is 39.0 Å². The molecule has 2 N–H and O–H groups in total. The lowest BCUT2D eigenvalue weighted by Crippen LogP contribution is -2.47. The number of aromatic carboxylic acids is 1. The van der Waals surface area contributed by atoms with Gasteiger partial charge in [0.15, 0.2) is 11.8 Å². The molecule has 2 aromatic rings. The van der Waals surface area contributed by atoms with Gasteiger partial charge in [-0.3, -0.25) is 9.59 Å². The van der Waals surface area contributed by atoms with Crippen LogP contribution in [0.25, 0.3) is 0 Å². The van der Waals surface area contributed by atoms with Gasteiger partial charge in [-0.2, -0.15) is 4.99 Å². The molecule has 0 aliphatic carbocycles. The van der Waals surface area contributed by atoms with E-state index >= 15 is 0 Å². The molecule has 8 nitrogen and oxygen atoms in total. The number of aromatic nitrogens is 2. The monoisotopic (exact) mass is 374 g/mol. The van der Waals surface area contributed by atoms with Gasteiger partial charge in [-0.15, -0.1) is 0 Å². The number of nitrogens with zero attached hydrogens (tertiary/aromatic N) is 3. The minimum Gasteiger partial charge on any atom is -0.478 e. The zero-order valence-corrected chi connectivity index (χ0v) is 14.5. The fourth-order valence-electron chi connectivity index (χ4n) is 2.28. The number of carboxylic acid groups (broad SMARTS) is 1. The first-order valence-corrected chi connectivity index (χ1v) is 8.21. The number of benzene rings is 1. The fourth-order valence-corrected chi connectivity index (χ4v) is 2.28. The summed E-state index contributed by atoms with van der Waals surface area (Å²) in [6, 6.07) is 5.22. The number of nitrogens with one attached hydrogen (secondary N) is 1. The molecular weight excluding hydrogens is 360 g/mol. The van der Waals surface area contributed by atoms with Gasteiger partial charge >= 0.3 is 5.97 Å². The van der Waals surface area contributed by atoms with Crippen LogP contribution in [-0.2, 0) is 22.6 Å². The van der Waals surface area contributed by atoms with Crippen molar-refractivity contribution in [2.24, 2.45) is 4.99 Å². The average molecular weight is 374 g/mol. The van der Waals surface area contributed by atoms with Crippen molar-refractivity contribution in [3.63, 3.8) is 0 Å². The molecule has 0 saturated carbocycles. The number of carbonyl (C=O) groups is 3. The molecule has 0 spiro atoms. The average Bonchev–Trinajstić information content (AvgIpc) is 3.19. The largest absolute Gasteiger partial charge is 0.478 e. The maximum atomic E-state index is 12.1. The highest BCUT2D eigenvalue weighted by Gasteiger charge is 2.26. The Labute approximate surface area is 160 Å². The second kappa shape index (κ2) is 8.47. The van der Waals surface area contributed by atoms with E-state index in [1.807, 2.05) is 0 Å². The predicted octanol–water partition coefficient (Wildman–Crippen LogP) is 0.297. The number of aliphatic imine (C=N–C) groups is 1. The SMILES string of the molecule is O=C1NC(C#CCc2ccc(C(=O)O)cc2)C(=O)N=C1C#CCn1ccnc1. The van der Waals surface area contributed by atoms with E-state index in [9.17, 15) is 14.4 Å². The minimum atomic E-state index is -1.02. The first-order chi connectivity index (χ1) is 13.5. The molecule has 2 heterocycles. The van der Waals surface area contributed by atoms with Crippen LogP contribution >= 0.6 is 0 Å². The van der Waals surface area contributed by atoms with Crippen molar-refractivity contribution in [1.29, 1.82) is 0 Å². The van der Waals surface area contributed by atoms with Crippen LogP contribution in [0.15, 0.2) is 48.0 Å². The van der Waals surface area contributed by atoms with Crippen LogP contribution in [0.1, 0.15) is 15.9 Å². The van der Waals surface area contributed by atoms with Crippen molar-refractivity contribution in [1.82, 2.24) is 14.9 Å². The summed E-state index contributed by atoms with van der Waals surface area (Å²) < 4.78 is 1.72. The fraction of sp³-hybridized carbons (Fsp3) is 0.150. The highest BCUT2D eigenvalue weighted by atomic mass is 16.4. The third-order valence-corrected chi connectivity index (χ3v) is 3.73. The van der Waals surface area contributed by atoms with E-state index in [1.165, 1.54) is 12.1 Å². The maximum Gasteiger partial charge on any atom is 0.335 e. The van der Waals surface area contributed by atoms with Gasteiger partial charge in [0.25, 0.3) is 11.8 Å². The molecule has 0 radical (unpaired) electrons. The van der Waals surface area contributed by atoms with E-state index in [0.717, 1.165) is 5.56 Å². The highest BCUT2D eigenvalue weighted by molar-refractivity contribution is 6.48. The normalized spacial score (nSPS) is 15.4. The first-order valence-electron chi connectivity index (χ1n) is 8.21. The summed E-state index contributed by atoms with van der Waals surface area (Å²) in [5, 5.41) is 11.3. The zero-order valence-electron chi connectivity index (χ0n) is 14.5. The second-order valence-electron chi connectivity index (χ2n) is 5.74. The highest BCUT2D eigenvalue weighted by Crippen LogP contribution is 2.05. The van der Waals surface area contributed by atoms with Crippen LogP contribution < -0.4 is 5.32 Å². The number of carboxylic acids is 1. The Hall–Kier alpha value is -4.17. The lowest BCUT2D eigenvalue weighted by molar-refractivity contribution is -0.124. The van der Waals surface area contributed by atoms with Crippen molar-refractivity contribution in [2.75, 3.05) is 0 Å². The molecule has 2 amide bonds. The summed E-state index contributed by atoms with van der Waals surface area (Å²) in [6.07, 6.45) is 5.23. The van der Waals surface area contributed by atoms with Crippen LogP contribution in [0.4, 0.5) is 0 Å². The molecule has 1 aliphatic heterocycles. The topological polar surface area (TPSA) is 114 Å². The first kappa shape index (κ1) is 18.6. The smallest absolute Gasteiger partial charge is 0.335 e. The van der Waals surface area contributed by atoms with Gasteiger partial charge in [0.2, 0.25) is 0 Å². The van der Waals surface area contributed by atoms with Crippen LogP contribution in [-0.4, -0.2) is 44.2 Å². The van der Waals surface area contributed by atoms with Crippen molar-refractivity contribution in [3.05, 3.63) is 54.1 Å². The van der Waals surface area contributed by atoms with E-state index in [-0.39, 0.29) is 11.3 Å². The molecule has 1 aromatic heterocycles. The number of rotatable bonds is 3. The number of imidazole rings is 1. The Balaban J connectivity index is 1.61. The van der Waals surface area contributed by atoms with Gasteiger partial charge in [0.05, 0.1) is 18.4 Å². The summed E-state index contributed by atoms with van der Waals surface area (Å²) >= 11 is 0. The Kier molecular flexibility index (Phi) is 5.63. The molecule has 138 valence electrons. The molecule has 28 heavy (non-hydrogen) atoms. The van der Waals surface area contributed by atoms with Gasteiger partial charge in [-0.25, -0.2) is 9.78 Å². The lowest BCUT2D eigenvalue weighted by atomic mass is 10.1. The molecule has 0 fully saturated rings. The van der Waals surface area contributed by atoms with Gasteiger partial charge in [0, 0.05) is 18.8 Å². The number of amides is 2. The van der Waals surface area contributed by atoms with Crippen LogP contribution in [0.3, 0.4) is 0 Å². The molecular formula is C20H14N4O4. The standard InChI is InChI=1S/C20H14N4O4/c25-18-16(4-1-3-14-6-8-15(9-7-14)20(27)28)22-19(26)17(23-18)5-2-11-24-12-10-21-13-24/h6-10,12-13,16H,3,11H2,(H,22,26)(H,27,28). The lowest BCUT2D eigenvalue weighted by Gasteiger charge is -2.13. The molecule has 0 saturated heterocycles. The van der Waals surface area contributed by atoms with Gasteiger partial charge in [0.1, 0.15) is 0 Å². The second-order valence-corrected chi connectivity index (χ2v) is 5.74. The molecule has 0 bridgehead atoms. The molecule has 1 atom stereocenters. The Bertz CT molecular complexity index is 1060. The van der Waals surface area contributed by atoms with Crippen molar-refractivity contribution < 1.29 is 19.5 Å². The quantitative estimate of drug-likeness (QED) is 0.750. The van der Waals surface area contributed by atoms with Crippen molar-refractivity contribution >= 4 is 23.5 Å². The van der Waals surface area contributed by atoms with E-state index < -0.39 is 23.8 Å². The molecule has 1 unspecified atom stereocenters. The van der Waals surface area contributed by atoms with Gasteiger partial charge in [-0.1, -0.05) is 29.9 Å². The maximum absolute atomic E-state index is 12.1. The Morgan fingerprint density at radius 2 is 2.00 bits per heavy atom. The Morgan fingerprint density at radius 3 is 2.68 bits per heavy atom. The third-order valence-electron chi connectivity index (χ3n) is 3.73.